The number of piperidine rings is 1. The lowest BCUT2D eigenvalue weighted by molar-refractivity contribution is -0.370. The minimum Gasteiger partial charge on any atom is -0.388 e. The SMILES string of the molecule is C=C1C2CC3(C1O)C1CC4C5(C)CCC6OC5N(CC)C1C64C3CC2=O. The second-order valence-corrected chi connectivity index (χ2v) is 10.8. The highest BCUT2D eigenvalue weighted by Crippen LogP contribution is 2.86. The van der Waals surface area contributed by atoms with Gasteiger partial charge in [0.1, 0.15) is 12.0 Å². The number of Topliss-reactive ketones (excluding diaryl/α,β-unsaturated/α-hetero) is 1. The molecule has 1 N–H and O–H groups in total. The number of aliphatic hydroxyl groups excluding tert-OH is 1. The van der Waals surface area contributed by atoms with Gasteiger partial charge in [-0.3, -0.25) is 9.69 Å². The van der Waals surface area contributed by atoms with Crippen molar-refractivity contribution in [2.75, 3.05) is 6.54 Å². The van der Waals surface area contributed by atoms with E-state index in [1.807, 2.05) is 0 Å². The van der Waals surface area contributed by atoms with Crippen LogP contribution in [0.4, 0.5) is 0 Å². The Morgan fingerprint density at radius 1 is 1.38 bits per heavy atom. The van der Waals surface area contributed by atoms with E-state index in [1.165, 1.54) is 12.8 Å². The molecule has 9 bridgehead atoms. The molecule has 5 saturated carbocycles. The maximum absolute atomic E-state index is 13.0. The van der Waals surface area contributed by atoms with E-state index in [9.17, 15) is 9.90 Å². The molecular weight excluding hydrogens is 326 g/mol. The van der Waals surface area contributed by atoms with Crippen LogP contribution in [0.25, 0.3) is 0 Å². The van der Waals surface area contributed by atoms with Gasteiger partial charge in [-0.25, -0.2) is 0 Å². The Labute approximate surface area is 155 Å². The van der Waals surface area contributed by atoms with Crippen LogP contribution in [0.15, 0.2) is 12.2 Å². The van der Waals surface area contributed by atoms with E-state index >= 15 is 0 Å². The predicted molar refractivity (Wildman–Crippen MR) is 95.0 cm³/mol. The molecule has 0 amide bonds. The van der Waals surface area contributed by atoms with E-state index in [2.05, 4.69) is 25.3 Å². The van der Waals surface area contributed by atoms with Crippen molar-refractivity contribution in [3.63, 3.8) is 0 Å². The molecule has 9 rings (SSSR count). The zero-order chi connectivity index (χ0) is 17.8. The third kappa shape index (κ3) is 1.11. The molecule has 11 unspecified atom stereocenters. The lowest BCUT2D eigenvalue weighted by Crippen LogP contribution is -2.78. The van der Waals surface area contributed by atoms with Gasteiger partial charge in [0, 0.05) is 34.6 Å². The van der Waals surface area contributed by atoms with Crippen LogP contribution in [0.5, 0.6) is 0 Å². The molecule has 140 valence electrons. The number of aliphatic hydroxyl groups is 1. The normalized spacial score (nSPS) is 66.7. The Morgan fingerprint density at radius 2 is 2.19 bits per heavy atom. The molecule has 2 spiro atoms. The van der Waals surface area contributed by atoms with E-state index in [0.29, 0.717) is 42.1 Å². The molecule has 11 atom stereocenters. The van der Waals surface area contributed by atoms with E-state index in [0.717, 1.165) is 25.0 Å². The summed E-state index contributed by atoms with van der Waals surface area (Å²) in [5.41, 5.74) is 1.03. The van der Waals surface area contributed by atoms with E-state index in [1.54, 1.807) is 0 Å². The lowest BCUT2D eigenvalue weighted by atomic mass is 9.41. The van der Waals surface area contributed by atoms with Gasteiger partial charge in [0.25, 0.3) is 0 Å². The Balaban J connectivity index is 1.52. The van der Waals surface area contributed by atoms with Crippen molar-refractivity contribution < 1.29 is 14.6 Å². The molecule has 4 aliphatic heterocycles. The summed E-state index contributed by atoms with van der Waals surface area (Å²) in [6, 6.07) is 0.506. The number of rotatable bonds is 1. The van der Waals surface area contributed by atoms with Gasteiger partial charge in [-0.05, 0) is 55.6 Å². The molecule has 4 heterocycles. The molecule has 4 saturated heterocycles. The molecule has 26 heavy (non-hydrogen) atoms. The van der Waals surface area contributed by atoms with Gasteiger partial charge in [-0.15, -0.1) is 0 Å². The van der Waals surface area contributed by atoms with Crippen LogP contribution in [-0.2, 0) is 9.53 Å². The molecular formula is C22H29NO3. The zero-order valence-corrected chi connectivity index (χ0v) is 15.8. The van der Waals surface area contributed by atoms with E-state index in [-0.39, 0.29) is 28.4 Å². The van der Waals surface area contributed by atoms with Crippen molar-refractivity contribution in [3.05, 3.63) is 12.2 Å². The summed E-state index contributed by atoms with van der Waals surface area (Å²) >= 11 is 0. The predicted octanol–water partition coefficient (Wildman–Crippen LogP) is 2.36. The lowest BCUT2D eigenvalue weighted by Gasteiger charge is -2.73. The average Bonchev–Trinajstić information content (AvgIpc) is 3.17. The topological polar surface area (TPSA) is 49.8 Å². The van der Waals surface area contributed by atoms with Gasteiger partial charge in [-0.2, -0.15) is 0 Å². The highest BCUT2D eigenvalue weighted by molar-refractivity contribution is 5.87. The fraction of sp³-hybridized carbons (Fsp3) is 0.864. The Hall–Kier alpha value is -0.710. The third-order valence-electron chi connectivity index (χ3n) is 10.8. The molecule has 9 fully saturated rings. The minimum atomic E-state index is -0.487. The second-order valence-electron chi connectivity index (χ2n) is 10.8. The number of hydrogen-bond acceptors (Lipinski definition) is 4. The number of fused-ring (bicyclic) bond motifs is 2. The summed E-state index contributed by atoms with van der Waals surface area (Å²) < 4.78 is 6.75. The van der Waals surface area contributed by atoms with Crippen molar-refractivity contribution in [1.29, 1.82) is 0 Å². The molecule has 0 aromatic rings. The zero-order valence-electron chi connectivity index (χ0n) is 15.8. The summed E-state index contributed by atoms with van der Waals surface area (Å²) in [5, 5.41) is 11.4. The number of ketones is 1. The molecule has 0 radical (unpaired) electrons. The Kier molecular flexibility index (Phi) is 2.35. The van der Waals surface area contributed by atoms with Gasteiger partial charge in [-0.1, -0.05) is 20.4 Å². The van der Waals surface area contributed by atoms with Gasteiger partial charge in [0.2, 0.25) is 0 Å². The fourth-order valence-electron chi connectivity index (χ4n) is 10.3. The van der Waals surface area contributed by atoms with Crippen molar-refractivity contribution in [1.82, 2.24) is 4.90 Å². The van der Waals surface area contributed by atoms with Crippen molar-refractivity contribution in [2.24, 2.45) is 39.9 Å². The van der Waals surface area contributed by atoms with Gasteiger partial charge >= 0.3 is 0 Å². The molecule has 4 nitrogen and oxygen atoms in total. The van der Waals surface area contributed by atoms with Crippen LogP contribution in [0.3, 0.4) is 0 Å². The van der Waals surface area contributed by atoms with Crippen LogP contribution < -0.4 is 0 Å². The fourth-order valence-corrected chi connectivity index (χ4v) is 10.3. The highest BCUT2D eigenvalue weighted by Gasteiger charge is 2.88. The number of carbonyl (C=O) groups is 1. The first-order valence-electron chi connectivity index (χ1n) is 10.7. The van der Waals surface area contributed by atoms with Gasteiger partial charge in [0.05, 0.1) is 12.2 Å². The summed E-state index contributed by atoms with van der Waals surface area (Å²) in [4.78, 5) is 15.7. The summed E-state index contributed by atoms with van der Waals surface area (Å²) in [6.07, 6.45) is 5.21. The van der Waals surface area contributed by atoms with Crippen molar-refractivity contribution in [3.8, 4) is 0 Å². The largest absolute Gasteiger partial charge is 0.388 e. The molecule has 4 heteroatoms. The highest BCUT2D eigenvalue weighted by atomic mass is 16.5. The van der Waals surface area contributed by atoms with E-state index < -0.39 is 6.10 Å². The van der Waals surface area contributed by atoms with E-state index in [4.69, 9.17) is 4.74 Å². The quantitative estimate of drug-likeness (QED) is 0.734. The molecule has 9 aliphatic rings. The smallest absolute Gasteiger partial charge is 0.140 e. The number of hydrogen-bond donors (Lipinski definition) is 1. The Bertz CT molecular complexity index is 779. The Morgan fingerprint density at radius 3 is 2.96 bits per heavy atom. The van der Waals surface area contributed by atoms with Crippen LogP contribution in [-0.4, -0.2) is 46.8 Å². The summed E-state index contributed by atoms with van der Waals surface area (Å²) in [7, 11) is 0. The van der Waals surface area contributed by atoms with Crippen LogP contribution in [0, 0.1) is 39.9 Å². The summed E-state index contributed by atoms with van der Waals surface area (Å²) in [5.74, 6) is 1.74. The van der Waals surface area contributed by atoms with Crippen LogP contribution in [0.2, 0.25) is 0 Å². The first-order chi connectivity index (χ1) is 12.4. The number of carbonyl (C=O) groups excluding carboxylic acids is 1. The standard InChI is InChI=1S/C22H29NO3/c1-4-23-17-12-7-14-20(3)6-5-16(26-19(20)23)22(14,17)15-8-13(24)11-9-21(12,15)18(25)10(11)2/h11-12,14-19,25H,2,4-9H2,1,3H3. The van der Waals surface area contributed by atoms with Crippen molar-refractivity contribution >= 4 is 5.78 Å². The maximum Gasteiger partial charge on any atom is 0.140 e. The first kappa shape index (κ1) is 15.2. The van der Waals surface area contributed by atoms with Gasteiger partial charge in [0.15, 0.2) is 0 Å². The molecule has 5 aliphatic carbocycles. The number of nitrogens with zero attached hydrogens (tertiary/aromatic N) is 1. The molecule has 0 aromatic heterocycles. The second kappa shape index (κ2) is 4.01. The van der Waals surface area contributed by atoms with Crippen molar-refractivity contribution in [2.45, 2.75) is 70.4 Å². The third-order valence-corrected chi connectivity index (χ3v) is 10.8. The monoisotopic (exact) mass is 355 g/mol. The van der Waals surface area contributed by atoms with Gasteiger partial charge < -0.3 is 9.84 Å². The molecule has 0 aromatic carbocycles. The average molecular weight is 355 g/mol. The maximum atomic E-state index is 13.0. The summed E-state index contributed by atoms with van der Waals surface area (Å²) in [6.45, 7) is 9.94. The van der Waals surface area contributed by atoms with Crippen LogP contribution in [0.1, 0.15) is 46.0 Å². The number of ether oxygens (including phenoxy) is 1. The first-order valence-corrected chi connectivity index (χ1v) is 10.7. The van der Waals surface area contributed by atoms with Crippen LogP contribution >= 0.6 is 0 Å². The minimum absolute atomic E-state index is 0.0853.